The van der Waals surface area contributed by atoms with Crippen LogP contribution in [-0.2, 0) is 0 Å². The maximum atomic E-state index is 5.99. The van der Waals surface area contributed by atoms with Gasteiger partial charge in [0.25, 0.3) is 0 Å². The predicted molar refractivity (Wildman–Crippen MR) is 97.6 cm³/mol. The third kappa shape index (κ3) is 5.58. The number of hydrogen-bond donors (Lipinski definition) is 2. The molecule has 0 atom stereocenters. The zero-order valence-electron chi connectivity index (χ0n) is 11.7. The van der Waals surface area contributed by atoms with Crippen LogP contribution < -0.4 is 10.6 Å². The second-order valence-electron chi connectivity index (χ2n) is 4.50. The van der Waals surface area contributed by atoms with E-state index in [-0.39, 0.29) is 0 Å². The maximum absolute atomic E-state index is 5.99. The topological polar surface area (TPSA) is 24.1 Å². The summed E-state index contributed by atoms with van der Waals surface area (Å²) >= 11 is 13.1. The Labute approximate surface area is 140 Å². The van der Waals surface area contributed by atoms with Crippen molar-refractivity contribution in [2.75, 3.05) is 17.6 Å². The van der Waals surface area contributed by atoms with Gasteiger partial charge in [0.2, 0.25) is 0 Å². The van der Waals surface area contributed by atoms with E-state index in [9.17, 15) is 0 Å². The van der Waals surface area contributed by atoms with E-state index in [1.807, 2.05) is 43.3 Å². The van der Waals surface area contributed by atoms with Crippen LogP contribution in [0.3, 0.4) is 0 Å². The molecule has 0 bridgehead atoms. The lowest BCUT2D eigenvalue weighted by Crippen LogP contribution is -2.30. The number of benzene rings is 2. The molecule has 0 aromatic heterocycles. The summed E-state index contributed by atoms with van der Waals surface area (Å²) in [5.41, 5.74) is 2.05. The fraction of sp³-hybridized carbons (Fsp3) is 0.188. The third-order valence-corrected chi connectivity index (χ3v) is 4.34. The second-order valence-corrected chi connectivity index (χ2v) is 6.51. The molecule has 0 aliphatic rings. The lowest BCUT2D eigenvalue weighted by atomic mass is 10.2. The zero-order chi connectivity index (χ0) is 15.1. The average Bonchev–Trinajstić information content (AvgIpc) is 2.48. The van der Waals surface area contributed by atoms with Crippen molar-refractivity contribution in [1.82, 2.24) is 5.32 Å². The monoisotopic (exact) mass is 336 g/mol. The Bertz CT molecular complexity index is 602. The summed E-state index contributed by atoms with van der Waals surface area (Å²) in [6.45, 7) is 2.83. The van der Waals surface area contributed by atoms with Crippen molar-refractivity contribution >= 4 is 46.4 Å². The summed E-state index contributed by atoms with van der Waals surface area (Å²) in [4.78, 5) is 1.27. The molecule has 0 heterocycles. The number of hydrogen-bond acceptors (Lipinski definition) is 2. The first kappa shape index (κ1) is 16.1. The highest BCUT2D eigenvalue weighted by atomic mass is 35.5. The predicted octanol–water partition coefficient (Wildman–Crippen LogP) is 4.73. The van der Waals surface area contributed by atoms with E-state index >= 15 is 0 Å². The quantitative estimate of drug-likeness (QED) is 0.468. The highest BCUT2D eigenvalue weighted by Crippen LogP contribution is 2.20. The zero-order valence-corrected chi connectivity index (χ0v) is 14.1. The highest BCUT2D eigenvalue weighted by molar-refractivity contribution is 7.99. The van der Waals surface area contributed by atoms with Crippen LogP contribution in [0.4, 0.5) is 5.69 Å². The summed E-state index contributed by atoms with van der Waals surface area (Å²) in [7, 11) is 0. The average molecular weight is 337 g/mol. The molecule has 0 aliphatic carbocycles. The van der Waals surface area contributed by atoms with Gasteiger partial charge in [-0.25, -0.2) is 0 Å². The molecule has 0 unspecified atom stereocenters. The first-order valence-electron chi connectivity index (χ1n) is 6.64. The molecule has 21 heavy (non-hydrogen) atoms. The minimum atomic E-state index is 0.619. The van der Waals surface area contributed by atoms with Gasteiger partial charge < -0.3 is 10.6 Å². The molecule has 0 saturated heterocycles. The molecule has 2 rings (SSSR count). The molecule has 0 spiro atoms. The molecule has 0 saturated carbocycles. The van der Waals surface area contributed by atoms with Crippen LogP contribution in [0.15, 0.2) is 53.4 Å². The molecule has 2 nitrogen and oxygen atoms in total. The van der Waals surface area contributed by atoms with E-state index in [1.54, 1.807) is 11.8 Å². The van der Waals surface area contributed by atoms with Crippen molar-refractivity contribution in [1.29, 1.82) is 0 Å². The molecule has 110 valence electrons. The van der Waals surface area contributed by atoms with Crippen LogP contribution in [0, 0.1) is 6.92 Å². The Kier molecular flexibility index (Phi) is 6.36. The Hall–Kier alpha value is -1.23. The number of thiocarbonyl (C=S) groups is 1. The molecule has 0 radical (unpaired) electrons. The second kappa shape index (κ2) is 8.27. The molecular weight excluding hydrogens is 320 g/mol. The van der Waals surface area contributed by atoms with Gasteiger partial charge in [-0.2, -0.15) is 0 Å². The fourth-order valence-electron chi connectivity index (χ4n) is 1.75. The van der Waals surface area contributed by atoms with Gasteiger partial charge in [-0.15, -0.1) is 11.8 Å². The van der Waals surface area contributed by atoms with Crippen LogP contribution in [0.25, 0.3) is 0 Å². The first-order chi connectivity index (χ1) is 10.1. The van der Waals surface area contributed by atoms with Gasteiger partial charge in [-0.05, 0) is 49.0 Å². The van der Waals surface area contributed by atoms with Crippen LogP contribution >= 0.6 is 35.6 Å². The summed E-state index contributed by atoms with van der Waals surface area (Å²) in [6, 6.07) is 16.0. The summed E-state index contributed by atoms with van der Waals surface area (Å²) in [6.07, 6.45) is 0. The van der Waals surface area contributed by atoms with Gasteiger partial charge in [0.1, 0.15) is 0 Å². The van der Waals surface area contributed by atoms with Gasteiger partial charge in [0, 0.05) is 27.9 Å². The van der Waals surface area contributed by atoms with E-state index in [0.29, 0.717) is 10.1 Å². The number of nitrogens with one attached hydrogen (secondary N) is 2. The van der Waals surface area contributed by atoms with Crippen LogP contribution in [0.5, 0.6) is 0 Å². The Balaban J connectivity index is 1.74. The van der Waals surface area contributed by atoms with E-state index < -0.39 is 0 Å². The molecular formula is C16H17ClN2S2. The smallest absolute Gasteiger partial charge is 0.170 e. The normalized spacial score (nSPS) is 10.2. The van der Waals surface area contributed by atoms with Crippen molar-refractivity contribution in [2.24, 2.45) is 0 Å². The minimum Gasteiger partial charge on any atom is -0.362 e. The van der Waals surface area contributed by atoms with Crippen molar-refractivity contribution in [3.63, 3.8) is 0 Å². The van der Waals surface area contributed by atoms with Crippen molar-refractivity contribution in [3.05, 3.63) is 59.1 Å². The molecule has 2 aromatic carbocycles. The van der Waals surface area contributed by atoms with Crippen molar-refractivity contribution < 1.29 is 0 Å². The molecule has 2 N–H and O–H groups in total. The van der Waals surface area contributed by atoms with Crippen LogP contribution in [0.2, 0.25) is 5.02 Å². The standard InChI is InChI=1S/C16H17ClN2S2/c1-12-7-8-13(17)11-15(12)19-16(20)18-9-10-21-14-5-3-2-4-6-14/h2-8,11H,9-10H2,1H3,(H2,18,19,20). The Morgan fingerprint density at radius 3 is 2.71 bits per heavy atom. The van der Waals surface area contributed by atoms with Gasteiger partial charge >= 0.3 is 0 Å². The fourth-order valence-corrected chi connectivity index (χ4v) is 2.92. The molecule has 0 amide bonds. The largest absolute Gasteiger partial charge is 0.362 e. The number of aryl methyl sites for hydroxylation is 1. The number of anilines is 1. The molecule has 0 fully saturated rings. The Morgan fingerprint density at radius 2 is 1.95 bits per heavy atom. The number of rotatable bonds is 5. The van der Waals surface area contributed by atoms with Crippen LogP contribution in [-0.4, -0.2) is 17.4 Å². The lowest BCUT2D eigenvalue weighted by molar-refractivity contribution is 0.989. The van der Waals surface area contributed by atoms with E-state index in [4.69, 9.17) is 23.8 Å². The van der Waals surface area contributed by atoms with E-state index in [2.05, 4.69) is 22.8 Å². The summed E-state index contributed by atoms with van der Waals surface area (Å²) < 4.78 is 0. The van der Waals surface area contributed by atoms with Crippen molar-refractivity contribution in [2.45, 2.75) is 11.8 Å². The number of halogens is 1. The minimum absolute atomic E-state index is 0.619. The van der Waals surface area contributed by atoms with Gasteiger partial charge in [-0.3, -0.25) is 0 Å². The van der Waals surface area contributed by atoms with Gasteiger partial charge in [-0.1, -0.05) is 35.9 Å². The molecule has 2 aromatic rings. The lowest BCUT2D eigenvalue weighted by Gasteiger charge is -2.12. The summed E-state index contributed by atoms with van der Waals surface area (Å²) in [5.74, 6) is 0.959. The summed E-state index contributed by atoms with van der Waals surface area (Å²) in [5, 5.41) is 7.70. The maximum Gasteiger partial charge on any atom is 0.170 e. The number of thioether (sulfide) groups is 1. The van der Waals surface area contributed by atoms with Crippen molar-refractivity contribution in [3.8, 4) is 0 Å². The Morgan fingerprint density at radius 1 is 1.19 bits per heavy atom. The highest BCUT2D eigenvalue weighted by Gasteiger charge is 2.02. The van der Waals surface area contributed by atoms with Crippen LogP contribution in [0.1, 0.15) is 5.56 Å². The molecule has 0 aliphatic heterocycles. The van der Waals surface area contributed by atoms with Gasteiger partial charge in [0.15, 0.2) is 5.11 Å². The molecule has 5 heteroatoms. The van der Waals surface area contributed by atoms with E-state index in [0.717, 1.165) is 23.5 Å². The SMILES string of the molecule is Cc1ccc(Cl)cc1NC(=S)NCCSc1ccccc1. The van der Waals surface area contributed by atoms with Gasteiger partial charge in [0.05, 0.1) is 0 Å². The third-order valence-electron chi connectivity index (χ3n) is 2.85. The van der Waals surface area contributed by atoms with E-state index in [1.165, 1.54) is 4.90 Å². The first-order valence-corrected chi connectivity index (χ1v) is 8.41.